The molecule has 1 aliphatic carbocycles. The van der Waals surface area contributed by atoms with Gasteiger partial charge < -0.3 is 10.1 Å². The van der Waals surface area contributed by atoms with Crippen LogP contribution in [-0.4, -0.2) is 19.2 Å². The number of hydrogen-bond acceptors (Lipinski definition) is 2. The first-order valence-corrected chi connectivity index (χ1v) is 6.67. The van der Waals surface area contributed by atoms with Gasteiger partial charge in [0, 0.05) is 17.1 Å². The number of rotatable bonds is 6. The van der Waals surface area contributed by atoms with Crippen LogP contribution in [0.15, 0.2) is 28.7 Å². The standard InChI is InChI=1S/C13H18BrNO/c1-10(11-5-6-11)15-7-8-16-13-4-2-3-12(14)9-13/h2-4,9-11,15H,5-8H2,1H3. The quantitative estimate of drug-likeness (QED) is 0.810. The lowest BCUT2D eigenvalue weighted by atomic mass is 10.2. The summed E-state index contributed by atoms with van der Waals surface area (Å²) in [6.45, 7) is 3.91. The Morgan fingerprint density at radius 2 is 2.31 bits per heavy atom. The van der Waals surface area contributed by atoms with Crippen molar-refractivity contribution < 1.29 is 4.74 Å². The highest BCUT2D eigenvalue weighted by Gasteiger charge is 2.27. The van der Waals surface area contributed by atoms with Crippen LogP contribution in [0.5, 0.6) is 5.75 Å². The number of halogens is 1. The molecule has 2 rings (SSSR count). The highest BCUT2D eigenvalue weighted by Crippen LogP contribution is 2.32. The van der Waals surface area contributed by atoms with Gasteiger partial charge in [0.15, 0.2) is 0 Å². The van der Waals surface area contributed by atoms with Gasteiger partial charge >= 0.3 is 0 Å². The molecule has 1 aromatic carbocycles. The normalized spacial score (nSPS) is 17.1. The van der Waals surface area contributed by atoms with Crippen molar-refractivity contribution in [3.8, 4) is 5.75 Å². The van der Waals surface area contributed by atoms with Gasteiger partial charge in [0.1, 0.15) is 12.4 Å². The van der Waals surface area contributed by atoms with E-state index in [2.05, 4.69) is 28.2 Å². The van der Waals surface area contributed by atoms with Crippen molar-refractivity contribution in [2.45, 2.75) is 25.8 Å². The van der Waals surface area contributed by atoms with Crippen molar-refractivity contribution in [2.75, 3.05) is 13.2 Å². The third kappa shape index (κ3) is 3.80. The summed E-state index contributed by atoms with van der Waals surface area (Å²) in [5.41, 5.74) is 0. The lowest BCUT2D eigenvalue weighted by Gasteiger charge is -2.13. The molecule has 88 valence electrons. The number of nitrogens with one attached hydrogen (secondary N) is 1. The fraction of sp³-hybridized carbons (Fsp3) is 0.538. The van der Waals surface area contributed by atoms with Gasteiger partial charge in [-0.25, -0.2) is 0 Å². The van der Waals surface area contributed by atoms with E-state index in [9.17, 15) is 0 Å². The molecule has 2 nitrogen and oxygen atoms in total. The first-order chi connectivity index (χ1) is 7.75. The Hall–Kier alpha value is -0.540. The van der Waals surface area contributed by atoms with Gasteiger partial charge in [0.2, 0.25) is 0 Å². The zero-order valence-electron chi connectivity index (χ0n) is 9.58. The molecular weight excluding hydrogens is 266 g/mol. The smallest absolute Gasteiger partial charge is 0.120 e. The van der Waals surface area contributed by atoms with Crippen molar-refractivity contribution in [1.82, 2.24) is 5.32 Å². The van der Waals surface area contributed by atoms with Crippen LogP contribution >= 0.6 is 15.9 Å². The van der Waals surface area contributed by atoms with Crippen molar-refractivity contribution >= 4 is 15.9 Å². The summed E-state index contributed by atoms with van der Waals surface area (Å²) in [4.78, 5) is 0. The van der Waals surface area contributed by atoms with E-state index in [1.807, 2.05) is 24.3 Å². The lowest BCUT2D eigenvalue weighted by molar-refractivity contribution is 0.303. The molecule has 0 heterocycles. The summed E-state index contributed by atoms with van der Waals surface area (Å²) in [5, 5.41) is 3.49. The fourth-order valence-electron chi connectivity index (χ4n) is 1.78. The van der Waals surface area contributed by atoms with E-state index in [0.29, 0.717) is 6.04 Å². The number of hydrogen-bond donors (Lipinski definition) is 1. The third-order valence-electron chi connectivity index (χ3n) is 2.96. The zero-order chi connectivity index (χ0) is 11.4. The zero-order valence-corrected chi connectivity index (χ0v) is 11.2. The third-order valence-corrected chi connectivity index (χ3v) is 3.46. The Balaban J connectivity index is 1.63. The van der Waals surface area contributed by atoms with Crippen molar-refractivity contribution in [3.63, 3.8) is 0 Å². The Morgan fingerprint density at radius 3 is 3.00 bits per heavy atom. The molecule has 1 unspecified atom stereocenters. The monoisotopic (exact) mass is 283 g/mol. The van der Waals surface area contributed by atoms with Crippen LogP contribution in [-0.2, 0) is 0 Å². The van der Waals surface area contributed by atoms with E-state index in [-0.39, 0.29) is 0 Å². The van der Waals surface area contributed by atoms with E-state index in [4.69, 9.17) is 4.74 Å². The van der Waals surface area contributed by atoms with E-state index in [1.54, 1.807) is 0 Å². The molecule has 1 aliphatic rings. The first kappa shape index (κ1) is 11.9. The van der Waals surface area contributed by atoms with Crippen LogP contribution in [0.1, 0.15) is 19.8 Å². The van der Waals surface area contributed by atoms with Gasteiger partial charge in [-0.15, -0.1) is 0 Å². The summed E-state index contributed by atoms with van der Waals surface area (Å²) in [6.07, 6.45) is 2.78. The highest BCUT2D eigenvalue weighted by molar-refractivity contribution is 9.10. The van der Waals surface area contributed by atoms with Crippen LogP contribution in [0, 0.1) is 5.92 Å². The van der Waals surface area contributed by atoms with Crippen LogP contribution in [0.4, 0.5) is 0 Å². The molecular formula is C13H18BrNO. The molecule has 0 radical (unpaired) electrons. The van der Waals surface area contributed by atoms with E-state index in [0.717, 1.165) is 29.3 Å². The fourth-order valence-corrected chi connectivity index (χ4v) is 2.15. The molecule has 1 fully saturated rings. The maximum Gasteiger partial charge on any atom is 0.120 e. The molecule has 0 aliphatic heterocycles. The van der Waals surface area contributed by atoms with Gasteiger partial charge in [-0.1, -0.05) is 22.0 Å². The Labute approximate surface area is 106 Å². The molecule has 0 amide bonds. The van der Waals surface area contributed by atoms with E-state index in [1.165, 1.54) is 12.8 Å². The van der Waals surface area contributed by atoms with Gasteiger partial charge in [0.05, 0.1) is 0 Å². The lowest BCUT2D eigenvalue weighted by Crippen LogP contribution is -2.31. The summed E-state index contributed by atoms with van der Waals surface area (Å²) in [7, 11) is 0. The molecule has 1 atom stereocenters. The average Bonchev–Trinajstić information content (AvgIpc) is 3.08. The second kappa shape index (κ2) is 5.69. The van der Waals surface area contributed by atoms with Crippen LogP contribution in [0.25, 0.3) is 0 Å². The molecule has 0 saturated heterocycles. The Kier molecular flexibility index (Phi) is 4.24. The second-order valence-electron chi connectivity index (χ2n) is 4.39. The highest BCUT2D eigenvalue weighted by atomic mass is 79.9. The number of benzene rings is 1. The second-order valence-corrected chi connectivity index (χ2v) is 5.30. The minimum atomic E-state index is 0.645. The number of ether oxygens (including phenoxy) is 1. The van der Waals surface area contributed by atoms with Gasteiger partial charge in [-0.3, -0.25) is 0 Å². The summed E-state index contributed by atoms with van der Waals surface area (Å²) in [5.74, 6) is 1.83. The molecule has 3 heteroatoms. The summed E-state index contributed by atoms with van der Waals surface area (Å²) >= 11 is 3.43. The molecule has 1 N–H and O–H groups in total. The maximum absolute atomic E-state index is 5.64. The predicted octanol–water partition coefficient (Wildman–Crippen LogP) is 3.22. The minimum absolute atomic E-state index is 0.645. The van der Waals surface area contributed by atoms with Gasteiger partial charge in [-0.2, -0.15) is 0 Å². The van der Waals surface area contributed by atoms with E-state index >= 15 is 0 Å². The largest absolute Gasteiger partial charge is 0.492 e. The van der Waals surface area contributed by atoms with E-state index < -0.39 is 0 Å². The van der Waals surface area contributed by atoms with Gasteiger partial charge in [0.25, 0.3) is 0 Å². The first-order valence-electron chi connectivity index (χ1n) is 5.87. The van der Waals surface area contributed by atoms with Gasteiger partial charge in [-0.05, 0) is 43.9 Å². The molecule has 0 aromatic heterocycles. The average molecular weight is 284 g/mol. The van der Waals surface area contributed by atoms with Crippen LogP contribution in [0.3, 0.4) is 0 Å². The van der Waals surface area contributed by atoms with Crippen molar-refractivity contribution in [3.05, 3.63) is 28.7 Å². The molecule has 1 aromatic rings. The maximum atomic E-state index is 5.64. The molecule has 16 heavy (non-hydrogen) atoms. The minimum Gasteiger partial charge on any atom is -0.492 e. The topological polar surface area (TPSA) is 21.3 Å². The van der Waals surface area contributed by atoms with Crippen molar-refractivity contribution in [1.29, 1.82) is 0 Å². The SMILES string of the molecule is CC(NCCOc1cccc(Br)c1)C1CC1. The van der Waals surface area contributed by atoms with Crippen molar-refractivity contribution in [2.24, 2.45) is 5.92 Å². The predicted molar refractivity (Wildman–Crippen MR) is 69.8 cm³/mol. The molecule has 0 bridgehead atoms. The Bertz CT molecular complexity index is 338. The molecule has 0 spiro atoms. The van der Waals surface area contributed by atoms with Crippen LogP contribution < -0.4 is 10.1 Å². The summed E-state index contributed by atoms with van der Waals surface area (Å²) < 4.78 is 6.70. The Morgan fingerprint density at radius 1 is 1.50 bits per heavy atom. The summed E-state index contributed by atoms with van der Waals surface area (Å²) in [6, 6.07) is 8.60. The van der Waals surface area contributed by atoms with Crippen LogP contribution in [0.2, 0.25) is 0 Å². The molecule has 1 saturated carbocycles.